The number of hydrogen-bond acceptors (Lipinski definition) is 4. The van der Waals surface area contributed by atoms with E-state index in [2.05, 4.69) is 10.1 Å². The summed E-state index contributed by atoms with van der Waals surface area (Å²) in [4.78, 5) is 10.7. The minimum atomic E-state index is -0.608. The third-order valence-electron chi connectivity index (χ3n) is 1.56. The van der Waals surface area contributed by atoms with Crippen LogP contribution in [-0.4, -0.2) is 24.8 Å². The van der Waals surface area contributed by atoms with Gasteiger partial charge in [-0.25, -0.2) is 4.79 Å². The molecule has 4 nitrogen and oxygen atoms in total. The van der Waals surface area contributed by atoms with Crippen LogP contribution in [0.25, 0.3) is 0 Å². The van der Waals surface area contributed by atoms with Crippen molar-refractivity contribution in [2.24, 2.45) is 0 Å². The van der Waals surface area contributed by atoms with Gasteiger partial charge in [0, 0.05) is 6.04 Å². The van der Waals surface area contributed by atoms with Gasteiger partial charge in [-0.2, -0.15) is 0 Å². The van der Waals surface area contributed by atoms with Crippen molar-refractivity contribution in [2.75, 3.05) is 7.11 Å². The highest BCUT2D eigenvalue weighted by molar-refractivity contribution is 6.39. The molecule has 1 rings (SSSR count). The van der Waals surface area contributed by atoms with E-state index < -0.39 is 5.97 Å². The average molecular weight is 168 g/mol. The lowest BCUT2D eigenvalue weighted by atomic mass is 10.4. The molecule has 0 radical (unpaired) electrons. The molecule has 0 aromatic heterocycles. The molecular formula is C8H12N2O2. The SMILES string of the molecule is COC(=O)C(=N)/C=C\NC1CC1. The van der Waals surface area contributed by atoms with Gasteiger partial charge in [-0.15, -0.1) is 0 Å². The summed E-state index contributed by atoms with van der Waals surface area (Å²) in [5, 5.41) is 10.2. The van der Waals surface area contributed by atoms with Crippen LogP contribution >= 0.6 is 0 Å². The summed E-state index contributed by atoms with van der Waals surface area (Å²) in [5.41, 5.74) is -0.134. The minimum absolute atomic E-state index is 0.134. The molecule has 12 heavy (non-hydrogen) atoms. The molecule has 0 unspecified atom stereocenters. The van der Waals surface area contributed by atoms with Crippen molar-refractivity contribution < 1.29 is 9.53 Å². The standard InChI is InChI=1S/C8H12N2O2/c1-12-8(11)7(9)4-5-10-6-2-3-6/h4-6,9-10H,2-3H2,1H3/b5-4-,9-7?. The summed E-state index contributed by atoms with van der Waals surface area (Å²) < 4.78 is 4.34. The number of ether oxygens (including phenoxy) is 1. The lowest BCUT2D eigenvalue weighted by Crippen LogP contribution is -2.14. The van der Waals surface area contributed by atoms with E-state index in [4.69, 9.17) is 5.41 Å². The smallest absolute Gasteiger partial charge is 0.355 e. The summed E-state index contributed by atoms with van der Waals surface area (Å²) >= 11 is 0. The number of nitrogens with one attached hydrogen (secondary N) is 2. The Morgan fingerprint density at radius 2 is 2.33 bits per heavy atom. The van der Waals surface area contributed by atoms with Crippen molar-refractivity contribution in [1.29, 1.82) is 5.41 Å². The predicted molar refractivity (Wildman–Crippen MR) is 45.0 cm³/mol. The van der Waals surface area contributed by atoms with Crippen molar-refractivity contribution in [2.45, 2.75) is 18.9 Å². The molecule has 0 saturated heterocycles. The van der Waals surface area contributed by atoms with E-state index >= 15 is 0 Å². The summed E-state index contributed by atoms with van der Waals surface area (Å²) in [6.45, 7) is 0. The monoisotopic (exact) mass is 168 g/mol. The van der Waals surface area contributed by atoms with Crippen LogP contribution in [-0.2, 0) is 9.53 Å². The molecule has 0 amide bonds. The topological polar surface area (TPSA) is 62.2 Å². The van der Waals surface area contributed by atoms with E-state index in [0.717, 1.165) is 0 Å². The van der Waals surface area contributed by atoms with Crippen molar-refractivity contribution in [1.82, 2.24) is 5.32 Å². The summed E-state index contributed by atoms with van der Waals surface area (Å²) in [7, 11) is 1.26. The maximum absolute atomic E-state index is 10.7. The number of carbonyl (C=O) groups excluding carboxylic acids is 1. The Labute approximate surface area is 71.1 Å². The lowest BCUT2D eigenvalue weighted by Gasteiger charge is -1.95. The Kier molecular flexibility index (Phi) is 2.85. The number of esters is 1. The first-order chi connectivity index (χ1) is 5.74. The molecule has 66 valence electrons. The Bertz CT molecular complexity index is 219. The van der Waals surface area contributed by atoms with Crippen LogP contribution in [0.15, 0.2) is 12.3 Å². The molecule has 0 aromatic carbocycles. The summed E-state index contributed by atoms with van der Waals surface area (Å²) in [6, 6.07) is 0.548. The van der Waals surface area contributed by atoms with Crippen molar-refractivity contribution in [3.63, 3.8) is 0 Å². The minimum Gasteiger partial charge on any atom is -0.464 e. The van der Waals surface area contributed by atoms with E-state index in [0.29, 0.717) is 6.04 Å². The quantitative estimate of drug-likeness (QED) is 0.473. The fraction of sp³-hybridized carbons (Fsp3) is 0.500. The first-order valence-corrected chi connectivity index (χ1v) is 3.83. The normalized spacial score (nSPS) is 16.1. The lowest BCUT2D eigenvalue weighted by molar-refractivity contribution is -0.132. The molecule has 0 spiro atoms. The van der Waals surface area contributed by atoms with Crippen LogP contribution in [0.3, 0.4) is 0 Å². The fourth-order valence-electron chi connectivity index (χ4n) is 0.696. The molecule has 0 heterocycles. The molecule has 1 fully saturated rings. The first kappa shape index (κ1) is 8.77. The highest BCUT2D eigenvalue weighted by atomic mass is 16.5. The van der Waals surface area contributed by atoms with E-state index in [1.807, 2.05) is 0 Å². The van der Waals surface area contributed by atoms with Gasteiger partial charge < -0.3 is 10.1 Å². The van der Waals surface area contributed by atoms with Gasteiger partial charge in [-0.1, -0.05) is 0 Å². The van der Waals surface area contributed by atoms with Gasteiger partial charge in [0.05, 0.1) is 7.11 Å². The van der Waals surface area contributed by atoms with Gasteiger partial charge in [0.15, 0.2) is 0 Å². The van der Waals surface area contributed by atoms with Gasteiger partial charge in [0.1, 0.15) is 5.71 Å². The summed E-state index contributed by atoms with van der Waals surface area (Å²) in [5.74, 6) is -0.608. The molecule has 0 bridgehead atoms. The molecular weight excluding hydrogens is 156 g/mol. The van der Waals surface area contributed by atoms with Gasteiger partial charge in [0.25, 0.3) is 0 Å². The largest absolute Gasteiger partial charge is 0.464 e. The zero-order valence-corrected chi connectivity index (χ0v) is 6.96. The zero-order valence-electron chi connectivity index (χ0n) is 6.96. The molecule has 1 aliphatic rings. The maximum Gasteiger partial charge on any atom is 0.355 e. The predicted octanol–water partition coefficient (Wildman–Crippen LogP) is 0.445. The molecule has 2 N–H and O–H groups in total. The van der Waals surface area contributed by atoms with Crippen LogP contribution < -0.4 is 5.32 Å². The maximum atomic E-state index is 10.7. The molecule has 0 atom stereocenters. The van der Waals surface area contributed by atoms with Gasteiger partial charge >= 0.3 is 5.97 Å². The highest BCUT2D eigenvalue weighted by Crippen LogP contribution is 2.18. The number of hydrogen-bond donors (Lipinski definition) is 2. The number of rotatable bonds is 4. The van der Waals surface area contributed by atoms with Crippen LogP contribution in [0.1, 0.15) is 12.8 Å². The number of carbonyl (C=O) groups is 1. The Hall–Kier alpha value is -1.32. The third kappa shape index (κ3) is 2.74. The van der Waals surface area contributed by atoms with E-state index in [-0.39, 0.29) is 5.71 Å². The zero-order chi connectivity index (χ0) is 8.97. The molecule has 0 aromatic rings. The van der Waals surface area contributed by atoms with Crippen molar-refractivity contribution in [3.8, 4) is 0 Å². The van der Waals surface area contributed by atoms with E-state index in [9.17, 15) is 4.79 Å². The van der Waals surface area contributed by atoms with Crippen LogP contribution in [0, 0.1) is 5.41 Å². The number of methoxy groups -OCH3 is 1. The van der Waals surface area contributed by atoms with Crippen LogP contribution in [0.2, 0.25) is 0 Å². The highest BCUT2D eigenvalue weighted by Gasteiger charge is 2.18. The average Bonchev–Trinajstić information content (AvgIpc) is 2.86. The Balaban J connectivity index is 2.23. The second kappa shape index (κ2) is 3.90. The van der Waals surface area contributed by atoms with E-state index in [1.54, 1.807) is 6.20 Å². The van der Waals surface area contributed by atoms with Crippen molar-refractivity contribution >= 4 is 11.7 Å². The van der Waals surface area contributed by atoms with Gasteiger partial charge in [-0.05, 0) is 25.1 Å². The van der Waals surface area contributed by atoms with Crippen LogP contribution in [0.5, 0.6) is 0 Å². The van der Waals surface area contributed by atoms with Gasteiger partial charge in [0.2, 0.25) is 0 Å². The van der Waals surface area contributed by atoms with Crippen LogP contribution in [0.4, 0.5) is 0 Å². The molecule has 0 aliphatic heterocycles. The van der Waals surface area contributed by atoms with Gasteiger partial charge in [-0.3, -0.25) is 5.41 Å². The Morgan fingerprint density at radius 3 is 2.83 bits per heavy atom. The second-order valence-corrected chi connectivity index (χ2v) is 2.68. The second-order valence-electron chi connectivity index (χ2n) is 2.68. The fourth-order valence-corrected chi connectivity index (χ4v) is 0.696. The Morgan fingerprint density at radius 1 is 1.67 bits per heavy atom. The molecule has 4 heteroatoms. The summed E-state index contributed by atoms with van der Waals surface area (Å²) in [6.07, 6.45) is 5.38. The molecule has 1 aliphatic carbocycles. The molecule has 1 saturated carbocycles. The van der Waals surface area contributed by atoms with E-state index in [1.165, 1.54) is 26.0 Å². The van der Waals surface area contributed by atoms with Crippen molar-refractivity contribution in [3.05, 3.63) is 12.3 Å². The third-order valence-corrected chi connectivity index (χ3v) is 1.56. The first-order valence-electron chi connectivity index (χ1n) is 3.83.